The number of ether oxygens (including phenoxy) is 1. The molecule has 318 valence electrons. The second-order valence-corrected chi connectivity index (χ2v) is 19.1. The zero-order valence-electron chi connectivity index (χ0n) is 35.3. The topological polar surface area (TPSA) is 152 Å². The summed E-state index contributed by atoms with van der Waals surface area (Å²) in [4.78, 5) is 15.8. The minimum Gasteiger partial charge on any atom is -0.504 e. The van der Waals surface area contributed by atoms with Gasteiger partial charge < -0.3 is 40.9 Å². The van der Waals surface area contributed by atoms with Crippen molar-refractivity contribution in [1.29, 1.82) is 0 Å². The third-order valence-electron chi connectivity index (χ3n) is 16.4. The van der Waals surface area contributed by atoms with E-state index < -0.39 is 39.7 Å². The summed E-state index contributed by atoms with van der Waals surface area (Å²) in [5, 5.41) is 66.2. The summed E-state index contributed by atoms with van der Waals surface area (Å²) in [6.45, 7) is 3.07. The number of unbranched alkanes of at least 4 members (excludes halogenated alkanes) is 2. The Balaban J connectivity index is 1.33. The highest BCUT2D eigenvalue weighted by atomic mass is 16.5. The van der Waals surface area contributed by atoms with Crippen LogP contribution in [0.2, 0.25) is 0 Å². The fourth-order valence-corrected chi connectivity index (χ4v) is 14.3. The number of benzene rings is 3. The third kappa shape index (κ3) is 5.91. The fourth-order valence-electron chi connectivity index (χ4n) is 14.3. The Kier molecular flexibility index (Phi) is 10.6. The van der Waals surface area contributed by atoms with Crippen molar-refractivity contribution in [3.8, 4) is 34.8 Å². The zero-order valence-corrected chi connectivity index (χ0v) is 35.3. The average molecular weight is 815 g/mol. The molecule has 5 aliphatic carbocycles. The number of rotatable bonds is 11. The van der Waals surface area contributed by atoms with Gasteiger partial charge >= 0.3 is 0 Å². The smallest absolute Gasteiger partial charge is 0.160 e. The van der Waals surface area contributed by atoms with E-state index in [2.05, 4.69) is 53.7 Å². The van der Waals surface area contributed by atoms with Gasteiger partial charge in [0.1, 0.15) is 5.78 Å². The van der Waals surface area contributed by atoms with Gasteiger partial charge in [0.2, 0.25) is 0 Å². The SMILES string of the molecule is CCCCC[C@@H]1C(=O)C[C@H](c2cc(OC)c(O)cc2CO)[C@@H](Cc2ccccc2)C#C[C@@H]2CN[C@]34CCC[C@]56C=C[C@H]3C[C@@]1(O)[C@H]2[C@@]54c1cc(O)c(O)cc1[C@@H](CNC)C6. The number of fused-ring (bicyclic) bond motifs is 1. The number of hydrogen-bond donors (Lipinski definition) is 7. The highest BCUT2D eigenvalue weighted by Crippen LogP contribution is 2.78. The van der Waals surface area contributed by atoms with Crippen molar-refractivity contribution in [3.05, 3.63) is 94.6 Å². The van der Waals surface area contributed by atoms with Crippen molar-refractivity contribution >= 4 is 5.78 Å². The van der Waals surface area contributed by atoms with Gasteiger partial charge in [0.15, 0.2) is 23.0 Å². The van der Waals surface area contributed by atoms with Gasteiger partial charge in [-0.2, -0.15) is 0 Å². The standard InChI is InChI=1S/C51H62N2O7/c1-4-5-7-13-40-42(55)22-37(38-24-46(60-3)45(58)21-34(38)30-54)32(20-31-11-8-6-9-12-31)14-15-33-29-53-50-18-10-17-48-19-16-36(50)27-49(40,59)47(33)51(48,50)41-25-44(57)43(56)23-39(41)35(26-48)28-52-2/h6,8-9,11-12,16,19,21,23-25,32-33,35-37,40,47,52-54,56-59H,4-5,7,10,13,17-18,20,22,26-30H2,1-3H3/t32-,33-,35-,36+,37+,40-,47+,48-,49+,50-,51+/m1/s1. The monoisotopic (exact) mass is 814 g/mol. The maximum atomic E-state index is 15.8. The summed E-state index contributed by atoms with van der Waals surface area (Å²) in [6, 6.07) is 17.1. The van der Waals surface area contributed by atoms with Gasteiger partial charge in [0, 0.05) is 65.5 Å². The minimum absolute atomic E-state index is 0.000151. The van der Waals surface area contributed by atoms with E-state index in [1.807, 2.05) is 31.3 Å². The van der Waals surface area contributed by atoms with E-state index in [9.17, 15) is 25.5 Å². The van der Waals surface area contributed by atoms with E-state index in [-0.39, 0.29) is 65.5 Å². The molecule has 3 aromatic carbocycles. The molecule has 0 amide bonds. The van der Waals surface area contributed by atoms with Crippen LogP contribution in [0.3, 0.4) is 0 Å². The van der Waals surface area contributed by atoms with Gasteiger partial charge in [-0.25, -0.2) is 0 Å². The van der Waals surface area contributed by atoms with Crippen LogP contribution in [0.25, 0.3) is 0 Å². The molecule has 9 heteroatoms. The Morgan fingerprint density at radius 3 is 2.52 bits per heavy atom. The number of aliphatic hydroxyl groups excluding tert-OH is 1. The number of allylic oxidation sites excluding steroid dienone is 1. The van der Waals surface area contributed by atoms with Crippen LogP contribution >= 0.6 is 0 Å². The molecule has 2 saturated carbocycles. The molecule has 60 heavy (non-hydrogen) atoms. The number of aliphatic hydroxyl groups is 2. The maximum Gasteiger partial charge on any atom is 0.160 e. The van der Waals surface area contributed by atoms with Gasteiger partial charge in [0.05, 0.1) is 19.3 Å². The van der Waals surface area contributed by atoms with E-state index in [1.165, 1.54) is 7.11 Å². The molecule has 0 aromatic heterocycles. The summed E-state index contributed by atoms with van der Waals surface area (Å²) in [5.74, 6) is 5.20. The second-order valence-electron chi connectivity index (χ2n) is 19.1. The number of methoxy groups -OCH3 is 1. The van der Waals surface area contributed by atoms with Crippen molar-refractivity contribution in [3.63, 3.8) is 0 Å². The number of carbonyl (C=O) groups is 1. The summed E-state index contributed by atoms with van der Waals surface area (Å²) in [6.07, 6.45) is 12.8. The Labute approximate surface area is 354 Å². The molecule has 1 heterocycles. The van der Waals surface area contributed by atoms with E-state index in [1.54, 1.807) is 18.2 Å². The molecule has 5 bridgehead atoms. The lowest BCUT2D eigenvalue weighted by Gasteiger charge is -2.79. The van der Waals surface area contributed by atoms with Crippen molar-refractivity contribution in [1.82, 2.24) is 10.6 Å². The van der Waals surface area contributed by atoms with Crippen LogP contribution in [0.1, 0.15) is 111 Å². The average Bonchev–Trinajstić information content (AvgIpc) is 3.23. The fraction of sp³-hybridized carbons (Fsp3) is 0.549. The summed E-state index contributed by atoms with van der Waals surface area (Å²) >= 11 is 0. The largest absolute Gasteiger partial charge is 0.504 e. The van der Waals surface area contributed by atoms with Crippen molar-refractivity contribution in [2.24, 2.45) is 35.0 Å². The molecule has 6 aliphatic rings. The van der Waals surface area contributed by atoms with Gasteiger partial charge in [0.25, 0.3) is 0 Å². The highest BCUT2D eigenvalue weighted by Gasteiger charge is 2.81. The molecule has 1 aliphatic heterocycles. The predicted octanol–water partition coefficient (Wildman–Crippen LogP) is 7.13. The predicted molar refractivity (Wildman–Crippen MR) is 231 cm³/mol. The van der Waals surface area contributed by atoms with Crippen molar-refractivity contribution in [2.75, 3.05) is 27.2 Å². The second kappa shape index (κ2) is 15.5. The van der Waals surface area contributed by atoms with E-state index in [4.69, 9.17) is 4.74 Å². The highest BCUT2D eigenvalue weighted by molar-refractivity contribution is 5.84. The van der Waals surface area contributed by atoms with E-state index >= 15 is 4.79 Å². The molecule has 0 radical (unpaired) electrons. The van der Waals surface area contributed by atoms with Crippen LogP contribution in [0.4, 0.5) is 0 Å². The number of piperidine rings is 1. The minimum atomic E-state index is -1.45. The van der Waals surface area contributed by atoms with Crippen LogP contribution < -0.4 is 15.4 Å². The van der Waals surface area contributed by atoms with Crippen LogP contribution in [0.15, 0.2) is 66.7 Å². The Bertz CT molecular complexity index is 2230. The summed E-state index contributed by atoms with van der Waals surface area (Å²) in [5.41, 5.74) is 1.26. The number of aromatic hydroxyl groups is 3. The first-order valence-corrected chi connectivity index (χ1v) is 22.5. The Morgan fingerprint density at radius 1 is 0.967 bits per heavy atom. The van der Waals surface area contributed by atoms with E-state index in [0.717, 1.165) is 67.2 Å². The van der Waals surface area contributed by atoms with Gasteiger partial charge in [-0.1, -0.05) is 86.9 Å². The quantitative estimate of drug-likeness (QED) is 0.0465. The van der Waals surface area contributed by atoms with Gasteiger partial charge in [-0.3, -0.25) is 4.79 Å². The molecule has 3 fully saturated rings. The molecule has 9 nitrogen and oxygen atoms in total. The number of phenols is 3. The molecule has 9 rings (SSSR count). The first-order valence-electron chi connectivity index (χ1n) is 22.5. The maximum absolute atomic E-state index is 15.8. The molecule has 3 aromatic rings. The van der Waals surface area contributed by atoms with Crippen LogP contribution in [0.5, 0.6) is 23.0 Å². The lowest BCUT2D eigenvalue weighted by Crippen LogP contribution is -2.87. The number of carbonyl (C=O) groups excluding carboxylic acids is 1. The van der Waals surface area contributed by atoms with Crippen LogP contribution in [-0.4, -0.2) is 69.7 Å². The number of phenolic OH excluding ortho intramolecular Hbond substituents is 3. The molecular formula is C51H62N2O7. The van der Waals surface area contributed by atoms with Crippen molar-refractivity contribution in [2.45, 2.75) is 113 Å². The Hall–Kier alpha value is -4.33. The number of ketones is 1. The molecule has 11 atom stereocenters. The molecule has 1 spiro atoms. The number of Topliss-reactive ketones (excluding diaryl/α,β-unsaturated/α-hetero) is 1. The van der Waals surface area contributed by atoms with Crippen LogP contribution in [0, 0.1) is 46.8 Å². The summed E-state index contributed by atoms with van der Waals surface area (Å²) < 4.78 is 5.62. The number of likely N-dealkylation sites (N-methyl/N-ethyl adjacent to an activating group) is 1. The molecule has 0 unspecified atom stereocenters. The van der Waals surface area contributed by atoms with Gasteiger partial charge in [-0.05, 0) is 109 Å². The van der Waals surface area contributed by atoms with E-state index in [0.29, 0.717) is 37.9 Å². The van der Waals surface area contributed by atoms with Crippen LogP contribution in [-0.2, 0) is 23.2 Å². The normalized spacial score (nSPS) is 36.0. The van der Waals surface area contributed by atoms with Gasteiger partial charge in [-0.15, -0.1) is 0 Å². The zero-order chi connectivity index (χ0) is 42.0. The number of nitrogens with one attached hydrogen (secondary N) is 2. The lowest BCUT2D eigenvalue weighted by atomic mass is 9.27. The lowest BCUT2D eigenvalue weighted by molar-refractivity contribution is -0.245. The molecule has 7 N–H and O–H groups in total. The molecular weight excluding hydrogens is 753 g/mol. The number of hydrogen-bond acceptors (Lipinski definition) is 9. The first kappa shape index (κ1) is 41.0. The molecule has 1 saturated heterocycles. The van der Waals surface area contributed by atoms with Crippen molar-refractivity contribution < 1.29 is 35.1 Å². The Morgan fingerprint density at radius 2 is 1.77 bits per heavy atom. The summed E-state index contributed by atoms with van der Waals surface area (Å²) in [7, 11) is 3.46. The third-order valence-corrected chi connectivity index (χ3v) is 16.4. The first-order chi connectivity index (χ1) is 29.0.